The Morgan fingerprint density at radius 3 is 2.45 bits per heavy atom. The first kappa shape index (κ1) is 24.6. The van der Waals surface area contributed by atoms with Gasteiger partial charge in [0.1, 0.15) is 23.5 Å². The average Bonchev–Trinajstić information content (AvgIpc) is 3.25. The summed E-state index contributed by atoms with van der Waals surface area (Å²) in [5, 5.41) is 47.7. The van der Waals surface area contributed by atoms with Crippen molar-refractivity contribution in [1.82, 2.24) is 10.6 Å². The molecule has 1 fully saturated rings. The summed E-state index contributed by atoms with van der Waals surface area (Å²) in [6.07, 6.45) is -3.64. The summed E-state index contributed by atoms with van der Waals surface area (Å²) >= 11 is 1.39. The van der Waals surface area contributed by atoms with Crippen LogP contribution in [-0.2, 0) is 27.2 Å². The van der Waals surface area contributed by atoms with Gasteiger partial charge >= 0.3 is 0 Å². The molecule has 3 amide bonds. The zero-order valence-electron chi connectivity index (χ0n) is 17.7. The Balaban J connectivity index is 1.68. The molecular weight excluding hydrogens is 450 g/mol. The molecule has 5 atom stereocenters. The van der Waals surface area contributed by atoms with Gasteiger partial charge in [-0.25, -0.2) is 0 Å². The second-order valence-corrected chi connectivity index (χ2v) is 9.26. The number of primary amides is 1. The van der Waals surface area contributed by atoms with Gasteiger partial charge in [0, 0.05) is 24.1 Å². The van der Waals surface area contributed by atoms with Gasteiger partial charge in [-0.2, -0.15) is 0 Å². The van der Waals surface area contributed by atoms with Gasteiger partial charge in [0.15, 0.2) is 0 Å². The summed E-state index contributed by atoms with van der Waals surface area (Å²) in [5.41, 5.74) is 3.87. The maximum absolute atomic E-state index is 12.9. The number of hydrogen-bond acceptors (Lipinski definition) is 8. The van der Waals surface area contributed by atoms with E-state index >= 15 is 0 Å². The molecule has 2 aromatic rings. The molecule has 8 N–H and O–H groups in total. The summed E-state index contributed by atoms with van der Waals surface area (Å²) in [4.78, 5) is 38.0. The number of aliphatic hydroxyl groups excluding tert-OH is 2. The molecule has 0 spiro atoms. The van der Waals surface area contributed by atoms with Crippen molar-refractivity contribution in [3.05, 3.63) is 52.2 Å². The molecule has 1 saturated carbocycles. The van der Waals surface area contributed by atoms with Gasteiger partial charge in [0.2, 0.25) is 11.8 Å². The van der Waals surface area contributed by atoms with Crippen molar-refractivity contribution in [2.45, 2.75) is 55.6 Å². The van der Waals surface area contributed by atoms with E-state index in [9.17, 15) is 34.8 Å². The molecule has 0 radical (unpaired) electrons. The highest BCUT2D eigenvalue weighted by atomic mass is 32.1. The number of thiophene rings is 1. The molecule has 1 aliphatic carbocycles. The maximum atomic E-state index is 12.9. The Bertz CT molecular complexity index is 982. The monoisotopic (exact) mass is 477 g/mol. The number of benzene rings is 1. The molecule has 0 unspecified atom stereocenters. The lowest BCUT2D eigenvalue weighted by Gasteiger charge is -2.41. The molecule has 0 bridgehead atoms. The van der Waals surface area contributed by atoms with E-state index < -0.39 is 54.0 Å². The van der Waals surface area contributed by atoms with Crippen molar-refractivity contribution in [2.75, 3.05) is 0 Å². The normalized spacial score (nSPS) is 25.7. The Labute approximate surface area is 194 Å². The van der Waals surface area contributed by atoms with Gasteiger partial charge in [-0.05, 0) is 29.1 Å². The first-order chi connectivity index (χ1) is 15.6. The van der Waals surface area contributed by atoms with Crippen molar-refractivity contribution in [2.24, 2.45) is 5.73 Å². The highest BCUT2D eigenvalue weighted by Crippen LogP contribution is 2.30. The fraction of sp³-hybridized carbons (Fsp3) is 0.409. The third kappa shape index (κ3) is 6.29. The van der Waals surface area contributed by atoms with Crippen LogP contribution in [0.4, 0.5) is 0 Å². The number of phenolic OH excluding ortho intramolecular Hbond substituents is 1. The van der Waals surface area contributed by atoms with Crippen LogP contribution in [0.3, 0.4) is 0 Å². The van der Waals surface area contributed by atoms with Crippen LogP contribution in [0.15, 0.2) is 41.8 Å². The van der Waals surface area contributed by atoms with E-state index in [0.29, 0.717) is 5.56 Å². The third-order valence-electron chi connectivity index (χ3n) is 5.62. The topological polar surface area (TPSA) is 182 Å². The second kappa shape index (κ2) is 10.3. The molecule has 11 heteroatoms. The summed E-state index contributed by atoms with van der Waals surface area (Å²) in [6, 6.07) is 7.29. The van der Waals surface area contributed by atoms with Crippen LogP contribution in [0.2, 0.25) is 0 Å². The zero-order chi connectivity index (χ0) is 24.2. The molecule has 1 aromatic heterocycles. The lowest BCUT2D eigenvalue weighted by molar-refractivity contribution is -0.160. The molecule has 10 nitrogen and oxygen atoms in total. The number of nitrogens with two attached hydrogens (primary N) is 1. The summed E-state index contributed by atoms with van der Waals surface area (Å²) in [7, 11) is 0. The predicted octanol–water partition coefficient (Wildman–Crippen LogP) is -1.06. The Hall–Kier alpha value is -2.99. The summed E-state index contributed by atoms with van der Waals surface area (Å²) in [5.74, 6) is -2.18. The molecule has 0 saturated heterocycles. The number of amides is 3. The number of nitrogens with one attached hydrogen (secondary N) is 2. The summed E-state index contributed by atoms with van der Waals surface area (Å²) in [6.45, 7) is 0. The molecule has 33 heavy (non-hydrogen) atoms. The van der Waals surface area contributed by atoms with E-state index in [1.165, 1.54) is 23.5 Å². The molecule has 1 heterocycles. The first-order valence-electron chi connectivity index (χ1n) is 10.4. The largest absolute Gasteiger partial charge is 0.508 e. The van der Waals surface area contributed by atoms with Crippen LogP contribution in [0.25, 0.3) is 0 Å². The smallest absolute Gasteiger partial charge is 0.252 e. The van der Waals surface area contributed by atoms with Gasteiger partial charge < -0.3 is 36.8 Å². The van der Waals surface area contributed by atoms with Crippen molar-refractivity contribution in [1.29, 1.82) is 0 Å². The standard InChI is InChI=1S/C22H27N3O7S/c23-20(30)15(8-12-3-5-13(26)6-4-12)25-21(31)22(32)10-16(19(29)17(27)11-22)24-18(28)9-14-2-1-7-33-14/h1-7,15-17,19,26-27,29,32H,8-11H2,(H2,23,30)(H,24,28)(H,25,31)/t15-,16+,17+,19+,22-/m0/s1. The highest BCUT2D eigenvalue weighted by molar-refractivity contribution is 7.10. The minimum Gasteiger partial charge on any atom is -0.508 e. The fourth-order valence-electron chi connectivity index (χ4n) is 3.84. The van der Waals surface area contributed by atoms with Crippen molar-refractivity contribution in [3.63, 3.8) is 0 Å². The van der Waals surface area contributed by atoms with Gasteiger partial charge in [0.25, 0.3) is 5.91 Å². The van der Waals surface area contributed by atoms with Crippen LogP contribution < -0.4 is 16.4 Å². The fourth-order valence-corrected chi connectivity index (χ4v) is 4.54. The molecule has 178 valence electrons. The number of hydrogen-bond donors (Lipinski definition) is 7. The van der Waals surface area contributed by atoms with Crippen molar-refractivity contribution in [3.8, 4) is 5.75 Å². The van der Waals surface area contributed by atoms with Crippen LogP contribution in [-0.4, -0.2) is 68.0 Å². The predicted molar refractivity (Wildman–Crippen MR) is 119 cm³/mol. The summed E-state index contributed by atoms with van der Waals surface area (Å²) < 4.78 is 0. The van der Waals surface area contributed by atoms with Crippen LogP contribution in [0.5, 0.6) is 5.75 Å². The van der Waals surface area contributed by atoms with Crippen molar-refractivity contribution < 1.29 is 34.8 Å². The number of carbonyl (C=O) groups is 3. The Kier molecular flexibility index (Phi) is 7.69. The number of carbonyl (C=O) groups excluding carboxylic acids is 3. The minimum absolute atomic E-state index is 0.0175. The van der Waals surface area contributed by atoms with E-state index in [1.54, 1.807) is 24.3 Å². The lowest BCUT2D eigenvalue weighted by atomic mass is 9.77. The Morgan fingerprint density at radius 1 is 1.15 bits per heavy atom. The molecular formula is C22H27N3O7S. The van der Waals surface area contributed by atoms with Gasteiger partial charge in [-0.15, -0.1) is 11.3 Å². The molecule has 1 aromatic carbocycles. The molecule has 1 aliphatic rings. The zero-order valence-corrected chi connectivity index (χ0v) is 18.5. The maximum Gasteiger partial charge on any atom is 0.252 e. The molecule has 0 aliphatic heterocycles. The van der Waals surface area contributed by atoms with Gasteiger partial charge in [0.05, 0.1) is 18.6 Å². The first-order valence-corrected chi connectivity index (χ1v) is 11.2. The highest BCUT2D eigenvalue weighted by Gasteiger charge is 2.49. The quantitative estimate of drug-likeness (QED) is 0.253. The van der Waals surface area contributed by atoms with E-state index in [-0.39, 0.29) is 25.0 Å². The van der Waals surface area contributed by atoms with E-state index in [0.717, 1.165) is 4.88 Å². The van der Waals surface area contributed by atoms with Crippen LogP contribution in [0, 0.1) is 0 Å². The molecule has 3 rings (SSSR count). The van der Waals surface area contributed by atoms with E-state index in [2.05, 4.69) is 10.6 Å². The third-order valence-corrected chi connectivity index (χ3v) is 6.50. The number of aliphatic hydroxyl groups is 3. The number of rotatable bonds is 8. The van der Waals surface area contributed by atoms with Gasteiger partial charge in [-0.3, -0.25) is 14.4 Å². The van der Waals surface area contributed by atoms with Crippen LogP contribution >= 0.6 is 11.3 Å². The van der Waals surface area contributed by atoms with E-state index in [1.807, 2.05) is 5.38 Å². The van der Waals surface area contributed by atoms with Gasteiger partial charge in [-0.1, -0.05) is 18.2 Å². The second-order valence-electron chi connectivity index (χ2n) is 8.23. The minimum atomic E-state index is -2.15. The average molecular weight is 478 g/mol. The number of phenols is 1. The Morgan fingerprint density at radius 2 is 1.85 bits per heavy atom. The van der Waals surface area contributed by atoms with E-state index in [4.69, 9.17) is 5.73 Å². The van der Waals surface area contributed by atoms with Crippen molar-refractivity contribution >= 4 is 29.1 Å². The lowest BCUT2D eigenvalue weighted by Crippen LogP contribution is -2.64. The van der Waals surface area contributed by atoms with Crippen LogP contribution in [0.1, 0.15) is 23.3 Å². The SMILES string of the molecule is NC(=O)[C@H](Cc1ccc(O)cc1)NC(=O)[C@@]1(O)C[C@@H](O)[C@H](O)[C@H](NC(=O)Cc2cccs2)C1. The number of aromatic hydroxyl groups is 1.